The SMILES string of the molecule is CC.CC(C)C[C@@H](C)NC(=O)CNC(=O)[C@@H](N)CCCCN.CCC.NC=O. The highest BCUT2D eigenvalue weighted by molar-refractivity contribution is 5.87. The summed E-state index contributed by atoms with van der Waals surface area (Å²) in [5, 5.41) is 5.41. The van der Waals surface area contributed by atoms with Crippen molar-refractivity contribution >= 4 is 18.2 Å². The van der Waals surface area contributed by atoms with E-state index >= 15 is 0 Å². The number of primary amides is 1. The first-order valence-corrected chi connectivity index (χ1v) is 10.4. The first-order valence-electron chi connectivity index (χ1n) is 10.4. The fourth-order valence-corrected chi connectivity index (χ4v) is 2.03. The molecule has 28 heavy (non-hydrogen) atoms. The molecule has 0 saturated carbocycles. The minimum atomic E-state index is -0.567. The third-order valence-corrected chi connectivity index (χ3v) is 2.96. The Kier molecular flexibility index (Phi) is 33.3. The molecule has 0 aliphatic heterocycles. The normalized spacial score (nSPS) is 11.2. The van der Waals surface area contributed by atoms with Crippen molar-refractivity contribution in [3.63, 3.8) is 0 Å². The summed E-state index contributed by atoms with van der Waals surface area (Å²) < 4.78 is 0. The predicted molar refractivity (Wildman–Crippen MR) is 119 cm³/mol. The van der Waals surface area contributed by atoms with Gasteiger partial charge in [-0.25, -0.2) is 0 Å². The molecule has 0 aromatic carbocycles. The first-order chi connectivity index (χ1) is 13.2. The number of carbonyl (C=O) groups is 3. The lowest BCUT2D eigenvalue weighted by Gasteiger charge is -2.17. The maximum Gasteiger partial charge on any atom is 0.239 e. The van der Waals surface area contributed by atoms with Crippen molar-refractivity contribution in [2.75, 3.05) is 13.1 Å². The average Bonchev–Trinajstić information content (AvgIpc) is 2.62. The number of nitrogens with two attached hydrogens (primary N) is 3. The zero-order valence-corrected chi connectivity index (χ0v) is 19.2. The minimum absolute atomic E-state index is 0.0220. The Bertz CT molecular complexity index is 353. The highest BCUT2D eigenvalue weighted by Crippen LogP contribution is 2.03. The van der Waals surface area contributed by atoms with Crippen LogP contribution in [0.5, 0.6) is 0 Å². The van der Waals surface area contributed by atoms with Crippen molar-refractivity contribution in [1.82, 2.24) is 10.6 Å². The van der Waals surface area contributed by atoms with Crippen LogP contribution in [0.3, 0.4) is 0 Å². The molecule has 0 bridgehead atoms. The largest absolute Gasteiger partial charge is 0.372 e. The van der Waals surface area contributed by atoms with Crippen LogP contribution in [0.25, 0.3) is 0 Å². The highest BCUT2D eigenvalue weighted by Gasteiger charge is 2.15. The molecule has 2 atom stereocenters. The molecule has 8 heteroatoms. The molecule has 8 nitrogen and oxygen atoms in total. The van der Waals surface area contributed by atoms with Crippen LogP contribution in [-0.2, 0) is 14.4 Å². The Balaban J connectivity index is -0.000000309. The van der Waals surface area contributed by atoms with Crippen molar-refractivity contribution in [2.45, 2.75) is 92.7 Å². The second-order valence-corrected chi connectivity index (χ2v) is 6.55. The summed E-state index contributed by atoms with van der Waals surface area (Å²) in [4.78, 5) is 31.9. The summed E-state index contributed by atoms with van der Waals surface area (Å²) in [7, 11) is 0. The fourth-order valence-electron chi connectivity index (χ4n) is 2.03. The summed E-state index contributed by atoms with van der Waals surface area (Å²) >= 11 is 0. The van der Waals surface area contributed by atoms with Crippen LogP contribution >= 0.6 is 0 Å². The van der Waals surface area contributed by atoms with Crippen LogP contribution < -0.4 is 27.8 Å². The highest BCUT2D eigenvalue weighted by atomic mass is 16.2. The van der Waals surface area contributed by atoms with Crippen molar-refractivity contribution in [3.05, 3.63) is 0 Å². The van der Waals surface area contributed by atoms with E-state index in [9.17, 15) is 9.59 Å². The van der Waals surface area contributed by atoms with Gasteiger partial charge in [0.25, 0.3) is 0 Å². The van der Waals surface area contributed by atoms with Gasteiger partial charge in [-0.15, -0.1) is 0 Å². The van der Waals surface area contributed by atoms with Gasteiger partial charge in [-0.2, -0.15) is 0 Å². The summed E-state index contributed by atoms with van der Waals surface area (Å²) in [6.07, 6.45) is 4.68. The van der Waals surface area contributed by atoms with Gasteiger partial charge in [0.15, 0.2) is 0 Å². The summed E-state index contributed by atoms with van der Waals surface area (Å²) in [5.74, 6) is 0.0604. The van der Waals surface area contributed by atoms with Gasteiger partial charge in [-0.1, -0.05) is 54.4 Å². The second-order valence-electron chi connectivity index (χ2n) is 6.55. The molecular formula is C20H47N5O3. The van der Waals surface area contributed by atoms with Gasteiger partial charge in [0.05, 0.1) is 12.6 Å². The van der Waals surface area contributed by atoms with Gasteiger partial charge < -0.3 is 27.8 Å². The van der Waals surface area contributed by atoms with Gasteiger partial charge >= 0.3 is 0 Å². The van der Waals surface area contributed by atoms with Crippen LogP contribution in [0.4, 0.5) is 0 Å². The molecule has 0 heterocycles. The number of amides is 3. The van der Waals surface area contributed by atoms with E-state index in [2.05, 4.69) is 44.1 Å². The third-order valence-electron chi connectivity index (χ3n) is 2.96. The Morgan fingerprint density at radius 2 is 1.54 bits per heavy atom. The Hall–Kier alpha value is -1.67. The van der Waals surface area contributed by atoms with Gasteiger partial charge in [-0.3, -0.25) is 14.4 Å². The topological polar surface area (TPSA) is 153 Å². The van der Waals surface area contributed by atoms with E-state index in [1.54, 1.807) is 0 Å². The van der Waals surface area contributed by atoms with E-state index in [0.717, 1.165) is 19.3 Å². The summed E-state index contributed by atoms with van der Waals surface area (Å²) in [6, 6.07) is -0.458. The zero-order valence-electron chi connectivity index (χ0n) is 19.2. The number of hydrogen-bond donors (Lipinski definition) is 5. The summed E-state index contributed by atoms with van der Waals surface area (Å²) in [6.45, 7) is 15.0. The van der Waals surface area contributed by atoms with Crippen molar-refractivity contribution in [2.24, 2.45) is 23.1 Å². The maximum absolute atomic E-state index is 11.7. The molecular weight excluding hydrogens is 358 g/mol. The van der Waals surface area contributed by atoms with Crippen molar-refractivity contribution in [3.8, 4) is 0 Å². The molecule has 0 saturated heterocycles. The number of rotatable bonds is 10. The lowest BCUT2D eigenvalue weighted by molar-refractivity contribution is -0.127. The molecule has 0 aromatic rings. The smallest absolute Gasteiger partial charge is 0.239 e. The van der Waals surface area contributed by atoms with Crippen LogP contribution in [0.2, 0.25) is 0 Å². The van der Waals surface area contributed by atoms with Crippen LogP contribution in [-0.4, -0.2) is 43.4 Å². The third kappa shape index (κ3) is 32.0. The van der Waals surface area contributed by atoms with Crippen molar-refractivity contribution in [1.29, 1.82) is 0 Å². The van der Waals surface area contributed by atoms with Gasteiger partial charge in [0.2, 0.25) is 18.2 Å². The zero-order chi connectivity index (χ0) is 23.0. The number of unbranched alkanes of at least 4 members (excludes halogenated alkanes) is 1. The van der Waals surface area contributed by atoms with Gasteiger partial charge in [0.1, 0.15) is 0 Å². The van der Waals surface area contributed by atoms with Crippen LogP contribution in [0, 0.1) is 5.92 Å². The molecule has 0 aromatic heterocycles. The lowest BCUT2D eigenvalue weighted by atomic mass is 10.1. The van der Waals surface area contributed by atoms with E-state index in [0.29, 0.717) is 18.9 Å². The molecule has 0 aliphatic rings. The number of hydrogen-bond acceptors (Lipinski definition) is 5. The molecule has 170 valence electrons. The summed E-state index contributed by atoms with van der Waals surface area (Å²) in [5.41, 5.74) is 15.3. The van der Waals surface area contributed by atoms with E-state index in [-0.39, 0.29) is 30.8 Å². The molecule has 8 N–H and O–H groups in total. The molecule has 0 fully saturated rings. The quantitative estimate of drug-likeness (QED) is 0.276. The van der Waals surface area contributed by atoms with E-state index in [1.807, 2.05) is 20.8 Å². The van der Waals surface area contributed by atoms with Crippen LogP contribution in [0.15, 0.2) is 0 Å². The van der Waals surface area contributed by atoms with E-state index < -0.39 is 6.04 Å². The molecule has 0 aliphatic carbocycles. The monoisotopic (exact) mass is 405 g/mol. The van der Waals surface area contributed by atoms with E-state index in [1.165, 1.54) is 6.42 Å². The second kappa shape index (κ2) is 27.5. The molecule has 0 rings (SSSR count). The van der Waals surface area contributed by atoms with E-state index in [4.69, 9.17) is 16.3 Å². The Morgan fingerprint density at radius 1 is 1.07 bits per heavy atom. The Morgan fingerprint density at radius 3 is 1.93 bits per heavy atom. The fraction of sp³-hybridized carbons (Fsp3) is 0.850. The van der Waals surface area contributed by atoms with Gasteiger partial charge in [-0.05, 0) is 38.6 Å². The van der Waals surface area contributed by atoms with Gasteiger partial charge in [0, 0.05) is 6.04 Å². The number of nitrogens with one attached hydrogen (secondary N) is 2. The van der Waals surface area contributed by atoms with Crippen LogP contribution in [0.1, 0.15) is 80.6 Å². The molecule has 3 amide bonds. The minimum Gasteiger partial charge on any atom is -0.372 e. The number of carbonyl (C=O) groups excluding carboxylic acids is 3. The van der Waals surface area contributed by atoms with Crippen molar-refractivity contribution < 1.29 is 14.4 Å². The first kappa shape index (κ1) is 33.9. The molecule has 0 unspecified atom stereocenters. The standard InChI is InChI=1S/C14H30N4O2.C3H8.C2H6.CH3NO/c1-10(2)8-11(3)18-13(19)9-17-14(20)12(16)6-4-5-7-15;1-3-2;1-2;2-1-3/h10-12H,4-9,15-16H2,1-3H3,(H,17,20)(H,18,19);3H2,1-2H3;1-2H3;1H,(H2,2,3)/t11-,12+;;;/m1.../s1. The predicted octanol–water partition coefficient (Wildman–Crippen LogP) is 1.65. The average molecular weight is 406 g/mol. The maximum atomic E-state index is 11.7. The lowest BCUT2D eigenvalue weighted by Crippen LogP contribution is -2.46. The Labute approximate surface area is 172 Å². The molecule has 0 radical (unpaired) electrons. The molecule has 0 spiro atoms.